The molecule has 4 nitrogen and oxygen atoms in total. The lowest BCUT2D eigenvalue weighted by atomic mass is 9.97. The molecule has 0 aliphatic rings. The second kappa shape index (κ2) is 10.5. The maximum absolute atomic E-state index is 10.6. The molecular weight excluding hydrogens is 360 g/mol. The Morgan fingerprint density at radius 2 is 1.69 bits per heavy atom. The fraction of sp³-hybridized carbons (Fsp3) is 0.280. The molecule has 0 saturated heterocycles. The Hall–Kier alpha value is -2.98. The number of carbonyl (C=O) groups is 1. The summed E-state index contributed by atoms with van der Waals surface area (Å²) in [5.41, 5.74) is 6.69. The number of hydrogen-bond donors (Lipinski definition) is 2. The fourth-order valence-electron chi connectivity index (χ4n) is 3.31. The molecule has 0 unspecified atom stereocenters. The summed E-state index contributed by atoms with van der Waals surface area (Å²) in [6.07, 6.45) is 2.79. The van der Waals surface area contributed by atoms with E-state index in [2.05, 4.69) is 60.8 Å². The number of carboxylic acids is 1. The predicted octanol–water partition coefficient (Wildman–Crippen LogP) is 5.32. The Morgan fingerprint density at radius 1 is 0.931 bits per heavy atom. The summed E-state index contributed by atoms with van der Waals surface area (Å²) in [4.78, 5) is 15.5. The second-order valence-electron chi connectivity index (χ2n) is 7.14. The summed E-state index contributed by atoms with van der Waals surface area (Å²) in [5.74, 6) is -0.735. The van der Waals surface area contributed by atoms with E-state index in [1.807, 2.05) is 18.2 Å². The van der Waals surface area contributed by atoms with Crippen LogP contribution in [-0.4, -0.2) is 22.6 Å². The molecule has 2 N–H and O–H groups in total. The summed E-state index contributed by atoms with van der Waals surface area (Å²) >= 11 is 0. The first kappa shape index (κ1) is 20.7. The Bertz CT molecular complexity index is 921. The number of aromatic nitrogens is 1. The van der Waals surface area contributed by atoms with Crippen LogP contribution in [0.4, 0.5) is 0 Å². The summed E-state index contributed by atoms with van der Waals surface area (Å²) < 4.78 is 0. The molecular formula is C25H28N2O2. The van der Waals surface area contributed by atoms with E-state index in [0.717, 1.165) is 41.9 Å². The molecule has 0 aliphatic heterocycles. The van der Waals surface area contributed by atoms with Gasteiger partial charge in [-0.1, -0.05) is 67.6 Å². The number of carboxylic acid groups (broad SMARTS) is 1. The van der Waals surface area contributed by atoms with Crippen molar-refractivity contribution >= 4 is 5.97 Å². The largest absolute Gasteiger partial charge is 0.481 e. The minimum absolute atomic E-state index is 0.226. The number of aliphatic carboxylic acids is 1. The van der Waals surface area contributed by atoms with E-state index in [1.54, 1.807) is 0 Å². The molecule has 0 radical (unpaired) electrons. The number of nitrogens with zero attached hydrogens (tertiary/aromatic N) is 1. The van der Waals surface area contributed by atoms with Crippen LogP contribution in [0.3, 0.4) is 0 Å². The lowest BCUT2D eigenvalue weighted by Crippen LogP contribution is -2.16. The minimum atomic E-state index is -0.735. The molecule has 3 rings (SSSR count). The van der Waals surface area contributed by atoms with Crippen LogP contribution in [0.15, 0.2) is 66.7 Å². The molecule has 0 amide bonds. The molecule has 4 heteroatoms. The summed E-state index contributed by atoms with van der Waals surface area (Å²) in [6.45, 7) is 3.62. The van der Waals surface area contributed by atoms with E-state index < -0.39 is 5.97 Å². The van der Waals surface area contributed by atoms with Crippen molar-refractivity contribution in [1.82, 2.24) is 10.3 Å². The van der Waals surface area contributed by atoms with Gasteiger partial charge in [0.05, 0.1) is 11.4 Å². The number of rotatable bonds is 10. The van der Waals surface area contributed by atoms with Crippen LogP contribution in [0, 0.1) is 0 Å². The quantitative estimate of drug-likeness (QED) is 0.461. The molecule has 1 heterocycles. The van der Waals surface area contributed by atoms with Gasteiger partial charge in [-0.15, -0.1) is 0 Å². The monoisotopic (exact) mass is 388 g/mol. The molecule has 0 spiro atoms. The molecule has 3 aromatic rings. The molecule has 0 fully saturated rings. The highest BCUT2D eigenvalue weighted by molar-refractivity contribution is 5.80. The highest BCUT2D eigenvalue weighted by Crippen LogP contribution is 2.31. The zero-order valence-corrected chi connectivity index (χ0v) is 16.9. The topological polar surface area (TPSA) is 62.2 Å². The lowest BCUT2D eigenvalue weighted by Gasteiger charge is -2.13. The average molecular weight is 389 g/mol. The van der Waals surface area contributed by atoms with Gasteiger partial charge in [-0.25, -0.2) is 0 Å². The maximum Gasteiger partial charge on any atom is 0.303 e. The van der Waals surface area contributed by atoms with Crippen molar-refractivity contribution in [1.29, 1.82) is 0 Å². The van der Waals surface area contributed by atoms with Gasteiger partial charge >= 0.3 is 5.97 Å². The van der Waals surface area contributed by atoms with Crippen molar-refractivity contribution in [2.75, 3.05) is 6.54 Å². The normalized spacial score (nSPS) is 10.8. The highest BCUT2D eigenvalue weighted by Gasteiger charge is 2.10. The standard InChI is InChI=1S/C25H28N2O2/c1-2-19-11-13-20(14-12-19)23-16-15-22(18-26-17-7-6-10-24(28)29)27-25(23)21-8-4-3-5-9-21/h3-5,8-9,11-16,26H,2,6-7,10,17-18H2,1H3,(H,28,29). The van der Waals surface area contributed by atoms with E-state index in [-0.39, 0.29) is 6.42 Å². The zero-order chi connectivity index (χ0) is 20.5. The number of unbranched alkanes of at least 4 members (excludes halogenated alkanes) is 1. The number of nitrogens with one attached hydrogen (secondary N) is 1. The van der Waals surface area contributed by atoms with Crippen molar-refractivity contribution in [3.8, 4) is 22.4 Å². The van der Waals surface area contributed by atoms with Gasteiger partial charge in [0.1, 0.15) is 0 Å². The van der Waals surface area contributed by atoms with E-state index in [0.29, 0.717) is 13.0 Å². The van der Waals surface area contributed by atoms with Crippen molar-refractivity contribution < 1.29 is 9.90 Å². The summed E-state index contributed by atoms with van der Waals surface area (Å²) in [6, 6.07) is 23.2. The van der Waals surface area contributed by atoms with E-state index in [1.165, 1.54) is 11.1 Å². The number of pyridine rings is 1. The molecule has 2 aromatic carbocycles. The van der Waals surface area contributed by atoms with Crippen molar-refractivity contribution in [3.05, 3.63) is 78.0 Å². The molecule has 1 aromatic heterocycles. The van der Waals surface area contributed by atoms with Gasteiger partial charge in [0.25, 0.3) is 0 Å². The van der Waals surface area contributed by atoms with E-state index >= 15 is 0 Å². The van der Waals surface area contributed by atoms with Gasteiger partial charge in [-0.3, -0.25) is 9.78 Å². The molecule has 0 aliphatic carbocycles. The highest BCUT2D eigenvalue weighted by atomic mass is 16.4. The summed E-state index contributed by atoms with van der Waals surface area (Å²) in [5, 5.41) is 12.1. The Morgan fingerprint density at radius 3 is 2.38 bits per heavy atom. The minimum Gasteiger partial charge on any atom is -0.481 e. The first-order chi connectivity index (χ1) is 14.2. The van der Waals surface area contributed by atoms with Crippen LogP contribution in [0.1, 0.15) is 37.4 Å². The van der Waals surface area contributed by atoms with Crippen molar-refractivity contribution in [2.24, 2.45) is 0 Å². The number of hydrogen-bond acceptors (Lipinski definition) is 3. The Balaban J connectivity index is 1.77. The molecule has 0 bridgehead atoms. The number of benzene rings is 2. The summed E-state index contributed by atoms with van der Waals surface area (Å²) in [7, 11) is 0. The first-order valence-corrected chi connectivity index (χ1v) is 10.2. The molecule has 29 heavy (non-hydrogen) atoms. The van der Waals surface area contributed by atoms with Gasteiger partial charge in [0, 0.05) is 24.1 Å². The first-order valence-electron chi connectivity index (χ1n) is 10.2. The van der Waals surface area contributed by atoms with Crippen LogP contribution < -0.4 is 5.32 Å². The smallest absolute Gasteiger partial charge is 0.303 e. The molecule has 150 valence electrons. The van der Waals surface area contributed by atoms with Crippen molar-refractivity contribution in [2.45, 2.75) is 39.2 Å². The second-order valence-corrected chi connectivity index (χ2v) is 7.14. The Kier molecular flexibility index (Phi) is 7.54. The zero-order valence-electron chi connectivity index (χ0n) is 16.9. The Labute approximate surface area is 172 Å². The van der Waals surface area contributed by atoms with E-state index in [9.17, 15) is 4.79 Å². The number of aryl methyl sites for hydroxylation is 1. The predicted molar refractivity (Wildman–Crippen MR) is 118 cm³/mol. The third-order valence-corrected chi connectivity index (χ3v) is 4.97. The van der Waals surface area contributed by atoms with Crippen LogP contribution >= 0.6 is 0 Å². The van der Waals surface area contributed by atoms with Gasteiger partial charge in [-0.2, -0.15) is 0 Å². The van der Waals surface area contributed by atoms with Crippen LogP contribution in [0.25, 0.3) is 22.4 Å². The SMILES string of the molecule is CCc1ccc(-c2ccc(CNCCCCC(=O)O)nc2-c2ccccc2)cc1. The van der Waals surface area contributed by atoms with Crippen LogP contribution in [0.2, 0.25) is 0 Å². The maximum atomic E-state index is 10.6. The van der Waals surface area contributed by atoms with Gasteiger partial charge in [0.2, 0.25) is 0 Å². The third-order valence-electron chi connectivity index (χ3n) is 4.97. The molecule has 0 saturated carbocycles. The van der Waals surface area contributed by atoms with Crippen LogP contribution in [0.5, 0.6) is 0 Å². The lowest BCUT2D eigenvalue weighted by molar-refractivity contribution is -0.137. The third kappa shape index (κ3) is 6.00. The molecule has 0 atom stereocenters. The van der Waals surface area contributed by atoms with E-state index in [4.69, 9.17) is 10.1 Å². The van der Waals surface area contributed by atoms with Crippen LogP contribution in [-0.2, 0) is 17.8 Å². The van der Waals surface area contributed by atoms with Gasteiger partial charge < -0.3 is 10.4 Å². The fourth-order valence-corrected chi connectivity index (χ4v) is 3.31. The van der Waals surface area contributed by atoms with Gasteiger partial charge in [-0.05, 0) is 43.0 Å². The van der Waals surface area contributed by atoms with Gasteiger partial charge in [0.15, 0.2) is 0 Å². The van der Waals surface area contributed by atoms with Crippen molar-refractivity contribution in [3.63, 3.8) is 0 Å². The average Bonchev–Trinajstić information content (AvgIpc) is 2.76.